The molecule has 6 nitrogen and oxygen atoms in total. The van der Waals surface area contributed by atoms with Crippen LogP contribution in [0, 0.1) is 0 Å². The molecule has 0 fully saturated rings. The largest absolute Gasteiger partial charge is 0.497 e. The highest BCUT2D eigenvalue weighted by Crippen LogP contribution is 2.28. The van der Waals surface area contributed by atoms with Gasteiger partial charge in [-0.3, -0.25) is 9.59 Å². The molecule has 28 heavy (non-hydrogen) atoms. The lowest BCUT2D eigenvalue weighted by atomic mass is 9.98. The number of rotatable bonds is 4. The molecule has 1 unspecified atom stereocenters. The lowest BCUT2D eigenvalue weighted by molar-refractivity contribution is -0.170. The molecule has 0 bridgehead atoms. The van der Waals surface area contributed by atoms with E-state index < -0.39 is 23.7 Å². The predicted octanol–water partition coefficient (Wildman–Crippen LogP) is 3.71. The van der Waals surface area contributed by atoms with Crippen LogP contribution in [0.4, 0.5) is 0 Å². The van der Waals surface area contributed by atoms with Gasteiger partial charge in [-0.05, 0) is 47.5 Å². The Balaban J connectivity index is 1.55. The van der Waals surface area contributed by atoms with Crippen LogP contribution in [0.1, 0.15) is 39.1 Å². The van der Waals surface area contributed by atoms with Crippen molar-refractivity contribution in [1.82, 2.24) is 5.06 Å². The molecule has 0 spiro atoms. The molecular weight excluding hydrogens is 358 g/mol. The highest BCUT2D eigenvalue weighted by atomic mass is 16.7. The number of fused-ring (bicyclic) bond motifs is 2. The Bertz CT molecular complexity index is 1090. The third-order valence-corrected chi connectivity index (χ3v) is 4.86. The van der Waals surface area contributed by atoms with Gasteiger partial charge in [0, 0.05) is 0 Å². The fraction of sp³-hybridized carbons (Fsp3) is 0.136. The number of hydrogen-bond donors (Lipinski definition) is 0. The van der Waals surface area contributed by atoms with Gasteiger partial charge in [0.1, 0.15) is 5.75 Å². The number of carbonyl (C=O) groups excluding carboxylic acids is 3. The second kappa shape index (κ2) is 6.81. The average molecular weight is 375 g/mol. The Morgan fingerprint density at radius 1 is 0.893 bits per heavy atom. The molecule has 3 aromatic rings. The van der Waals surface area contributed by atoms with Gasteiger partial charge in [0.2, 0.25) is 0 Å². The fourth-order valence-corrected chi connectivity index (χ4v) is 3.19. The van der Waals surface area contributed by atoms with E-state index in [2.05, 4.69) is 0 Å². The Morgan fingerprint density at radius 2 is 1.50 bits per heavy atom. The van der Waals surface area contributed by atoms with Gasteiger partial charge in [0.15, 0.2) is 0 Å². The predicted molar refractivity (Wildman–Crippen MR) is 102 cm³/mol. The lowest BCUT2D eigenvalue weighted by Crippen LogP contribution is -2.34. The van der Waals surface area contributed by atoms with Crippen molar-refractivity contribution in [3.63, 3.8) is 0 Å². The van der Waals surface area contributed by atoms with Crippen molar-refractivity contribution in [1.29, 1.82) is 0 Å². The minimum Gasteiger partial charge on any atom is -0.497 e. The molecule has 0 radical (unpaired) electrons. The Hall–Kier alpha value is -3.67. The van der Waals surface area contributed by atoms with Crippen molar-refractivity contribution in [2.75, 3.05) is 7.11 Å². The summed E-state index contributed by atoms with van der Waals surface area (Å²) in [5.41, 5.74) is 1.18. The van der Waals surface area contributed by atoms with Gasteiger partial charge >= 0.3 is 5.97 Å². The minimum absolute atomic E-state index is 0.229. The number of benzene rings is 3. The van der Waals surface area contributed by atoms with Crippen LogP contribution >= 0.6 is 0 Å². The normalized spacial score (nSPS) is 14.1. The van der Waals surface area contributed by atoms with Crippen molar-refractivity contribution in [3.8, 4) is 5.75 Å². The van der Waals surface area contributed by atoms with Gasteiger partial charge in [-0.1, -0.05) is 41.5 Å². The number of amides is 2. The van der Waals surface area contributed by atoms with Crippen LogP contribution in [-0.4, -0.2) is 30.0 Å². The van der Waals surface area contributed by atoms with Crippen molar-refractivity contribution < 1.29 is 24.0 Å². The van der Waals surface area contributed by atoms with Crippen molar-refractivity contribution >= 4 is 28.6 Å². The highest BCUT2D eigenvalue weighted by molar-refractivity contribution is 6.20. The molecule has 4 rings (SSSR count). The first-order valence-electron chi connectivity index (χ1n) is 8.77. The van der Waals surface area contributed by atoms with Crippen molar-refractivity contribution in [2.45, 2.75) is 12.8 Å². The minimum atomic E-state index is -0.678. The molecule has 0 saturated heterocycles. The summed E-state index contributed by atoms with van der Waals surface area (Å²) in [6.07, 6.45) is 0. The molecule has 1 aliphatic heterocycles. The summed E-state index contributed by atoms with van der Waals surface area (Å²) in [5, 5.41) is 2.46. The third kappa shape index (κ3) is 2.89. The van der Waals surface area contributed by atoms with E-state index in [1.165, 1.54) is 12.1 Å². The van der Waals surface area contributed by atoms with E-state index in [1.54, 1.807) is 26.2 Å². The van der Waals surface area contributed by atoms with Gasteiger partial charge in [0.25, 0.3) is 11.8 Å². The number of imide groups is 1. The quantitative estimate of drug-likeness (QED) is 0.650. The first kappa shape index (κ1) is 17.7. The summed E-state index contributed by atoms with van der Waals surface area (Å²) >= 11 is 0. The van der Waals surface area contributed by atoms with E-state index in [1.807, 2.05) is 36.4 Å². The molecule has 0 N–H and O–H groups in total. The van der Waals surface area contributed by atoms with Crippen LogP contribution in [-0.2, 0) is 9.63 Å². The smallest absolute Gasteiger partial charge is 0.340 e. The SMILES string of the molecule is COc1ccc2cc(C(C)C(=O)ON3C(=O)c4ccccc4C3=O)ccc2c1. The summed E-state index contributed by atoms with van der Waals surface area (Å²) in [4.78, 5) is 42.5. The molecular formula is C22H17NO5. The zero-order valence-corrected chi connectivity index (χ0v) is 15.3. The van der Waals surface area contributed by atoms with E-state index in [-0.39, 0.29) is 11.1 Å². The number of hydroxylamine groups is 2. The maximum absolute atomic E-state index is 12.6. The summed E-state index contributed by atoms with van der Waals surface area (Å²) < 4.78 is 5.22. The van der Waals surface area contributed by atoms with E-state index in [4.69, 9.17) is 9.57 Å². The molecule has 2 amide bonds. The fourth-order valence-electron chi connectivity index (χ4n) is 3.19. The maximum atomic E-state index is 12.6. The molecule has 140 valence electrons. The van der Waals surface area contributed by atoms with Gasteiger partial charge in [-0.2, -0.15) is 0 Å². The second-order valence-corrected chi connectivity index (χ2v) is 6.55. The van der Waals surface area contributed by atoms with Crippen LogP contribution in [0.3, 0.4) is 0 Å². The van der Waals surface area contributed by atoms with Crippen LogP contribution < -0.4 is 4.74 Å². The molecule has 1 heterocycles. The molecule has 6 heteroatoms. The van der Waals surface area contributed by atoms with Gasteiger partial charge in [0.05, 0.1) is 24.2 Å². The zero-order valence-electron chi connectivity index (χ0n) is 15.3. The molecule has 3 aromatic carbocycles. The average Bonchev–Trinajstić information content (AvgIpc) is 2.97. The summed E-state index contributed by atoms with van der Waals surface area (Å²) in [5.74, 6) is -1.85. The molecule has 0 aliphatic carbocycles. The van der Waals surface area contributed by atoms with E-state index in [0.29, 0.717) is 5.06 Å². The van der Waals surface area contributed by atoms with Crippen LogP contribution in [0.15, 0.2) is 60.7 Å². The topological polar surface area (TPSA) is 72.9 Å². The number of methoxy groups -OCH3 is 1. The first-order chi connectivity index (χ1) is 13.5. The van der Waals surface area contributed by atoms with Crippen LogP contribution in [0.25, 0.3) is 10.8 Å². The highest BCUT2D eigenvalue weighted by Gasteiger charge is 2.39. The van der Waals surface area contributed by atoms with Crippen LogP contribution in [0.5, 0.6) is 5.75 Å². The Morgan fingerprint density at radius 3 is 2.14 bits per heavy atom. The van der Waals surface area contributed by atoms with E-state index >= 15 is 0 Å². The summed E-state index contributed by atoms with van der Waals surface area (Å²) in [6, 6.07) is 17.6. The van der Waals surface area contributed by atoms with Crippen molar-refractivity contribution in [2.24, 2.45) is 0 Å². The van der Waals surface area contributed by atoms with Gasteiger partial charge in [-0.25, -0.2) is 4.79 Å². The number of carbonyl (C=O) groups is 3. The third-order valence-electron chi connectivity index (χ3n) is 4.86. The standard InChI is InChI=1S/C22H17NO5/c1-13(14-7-8-16-12-17(27-2)10-9-15(16)11-14)22(26)28-23-20(24)18-5-3-4-6-19(18)21(23)25/h3-13H,1-2H3. The van der Waals surface area contributed by atoms with Gasteiger partial charge < -0.3 is 9.57 Å². The first-order valence-corrected chi connectivity index (χ1v) is 8.77. The second-order valence-electron chi connectivity index (χ2n) is 6.55. The monoisotopic (exact) mass is 375 g/mol. The maximum Gasteiger partial charge on any atom is 0.340 e. The molecule has 0 saturated carbocycles. The number of hydrogen-bond acceptors (Lipinski definition) is 5. The lowest BCUT2D eigenvalue weighted by Gasteiger charge is -2.17. The Labute approximate surface area is 161 Å². The van der Waals surface area contributed by atoms with Crippen LogP contribution in [0.2, 0.25) is 0 Å². The van der Waals surface area contributed by atoms with Gasteiger partial charge in [-0.15, -0.1) is 0 Å². The Kier molecular flexibility index (Phi) is 4.31. The zero-order chi connectivity index (χ0) is 19.8. The molecule has 0 aromatic heterocycles. The van der Waals surface area contributed by atoms with E-state index in [9.17, 15) is 14.4 Å². The summed E-state index contributed by atoms with van der Waals surface area (Å²) in [6.45, 7) is 1.67. The molecule has 1 aliphatic rings. The molecule has 1 atom stereocenters. The van der Waals surface area contributed by atoms with E-state index in [0.717, 1.165) is 22.1 Å². The number of nitrogens with zero attached hydrogens (tertiary/aromatic N) is 1. The summed E-state index contributed by atoms with van der Waals surface area (Å²) in [7, 11) is 1.60. The number of ether oxygens (including phenoxy) is 1. The van der Waals surface area contributed by atoms with Crippen molar-refractivity contribution in [3.05, 3.63) is 77.4 Å².